The topological polar surface area (TPSA) is 74.8 Å². The number of carbonyl (C=O) groups is 4. The summed E-state index contributed by atoms with van der Waals surface area (Å²) in [5.74, 6) is -0.681. The van der Waals surface area contributed by atoms with Gasteiger partial charge in [0.2, 0.25) is 11.8 Å². The lowest BCUT2D eigenvalue weighted by atomic mass is 9.63. The molecule has 0 N–H and O–H groups in total. The van der Waals surface area contributed by atoms with Crippen LogP contribution in [0.1, 0.15) is 34.1 Å². The third-order valence-electron chi connectivity index (χ3n) is 8.01. The number of allylic oxidation sites excluding steroid dienone is 2. The molecule has 1 heterocycles. The van der Waals surface area contributed by atoms with Crippen molar-refractivity contribution >= 4 is 52.4 Å². The first-order valence-corrected chi connectivity index (χ1v) is 12.4. The van der Waals surface area contributed by atoms with Crippen LogP contribution >= 0.6 is 23.2 Å². The van der Waals surface area contributed by atoms with Gasteiger partial charge in [0.1, 0.15) is 6.67 Å². The van der Waals surface area contributed by atoms with Gasteiger partial charge in [-0.05, 0) is 67.3 Å². The Morgan fingerprint density at radius 2 is 1.63 bits per heavy atom. The normalized spacial score (nSPS) is 29.7. The van der Waals surface area contributed by atoms with Crippen LogP contribution in [-0.4, -0.2) is 35.1 Å². The van der Waals surface area contributed by atoms with Gasteiger partial charge in [-0.25, -0.2) is 0 Å². The molecule has 4 aliphatic carbocycles. The van der Waals surface area contributed by atoms with Gasteiger partial charge in [-0.2, -0.15) is 0 Å². The van der Waals surface area contributed by atoms with E-state index in [1.807, 2.05) is 0 Å². The second kappa shape index (κ2) is 8.04. The number of halogens is 2. The van der Waals surface area contributed by atoms with Gasteiger partial charge < -0.3 is 0 Å². The van der Waals surface area contributed by atoms with Crippen LogP contribution in [-0.2, 0) is 9.59 Å². The summed E-state index contributed by atoms with van der Waals surface area (Å²) in [5.41, 5.74) is 0.995. The van der Waals surface area contributed by atoms with Crippen LogP contribution in [0.2, 0.25) is 10.0 Å². The molecule has 5 aliphatic rings. The monoisotopic (exact) mass is 508 g/mol. The maximum Gasteiger partial charge on any atom is 0.261 e. The van der Waals surface area contributed by atoms with E-state index in [1.165, 1.54) is 28.9 Å². The number of Topliss-reactive ketones (excluding diaryl/α,β-unsaturated/α-hetero) is 1. The number of nitrogens with zero attached hydrogens (tertiary/aromatic N) is 2. The van der Waals surface area contributed by atoms with Crippen LogP contribution in [0.25, 0.3) is 0 Å². The molecule has 2 saturated carbocycles. The van der Waals surface area contributed by atoms with Crippen molar-refractivity contribution in [3.63, 3.8) is 0 Å². The molecule has 3 amide bonds. The molecule has 2 bridgehead atoms. The van der Waals surface area contributed by atoms with E-state index in [0.29, 0.717) is 28.1 Å². The summed E-state index contributed by atoms with van der Waals surface area (Å²) in [7, 11) is 0. The lowest BCUT2D eigenvalue weighted by Gasteiger charge is -2.37. The summed E-state index contributed by atoms with van der Waals surface area (Å²) in [6.07, 6.45) is 5.30. The highest BCUT2D eigenvalue weighted by molar-refractivity contribution is 6.37. The maximum absolute atomic E-state index is 13.7. The van der Waals surface area contributed by atoms with Gasteiger partial charge in [-0.3, -0.25) is 29.0 Å². The summed E-state index contributed by atoms with van der Waals surface area (Å²) in [6.45, 7) is 1.19. The van der Waals surface area contributed by atoms with E-state index in [2.05, 4.69) is 12.2 Å². The highest BCUT2D eigenvalue weighted by Crippen LogP contribution is 2.65. The first-order valence-electron chi connectivity index (χ1n) is 11.7. The SMILES string of the molecule is CC(=O)c1cccc(N(CN2C(=O)C3C4C=CC(C5CC45)C3C2=O)C(=O)c2ccc(Cl)cc2Cl)c1. The highest BCUT2D eigenvalue weighted by atomic mass is 35.5. The largest absolute Gasteiger partial charge is 0.295 e. The van der Waals surface area contributed by atoms with Crippen molar-refractivity contribution in [3.8, 4) is 0 Å². The molecule has 6 nitrogen and oxygen atoms in total. The molecule has 2 aromatic rings. The molecule has 1 saturated heterocycles. The minimum absolute atomic E-state index is 0.0901. The van der Waals surface area contributed by atoms with Gasteiger partial charge in [-0.1, -0.05) is 47.5 Å². The Kier molecular flexibility index (Phi) is 5.17. The Balaban J connectivity index is 1.37. The first kappa shape index (κ1) is 22.5. The van der Waals surface area contributed by atoms with Crippen LogP contribution in [0.5, 0.6) is 0 Å². The van der Waals surface area contributed by atoms with E-state index in [1.54, 1.807) is 30.3 Å². The fourth-order valence-corrected chi connectivity index (χ4v) is 6.75. The van der Waals surface area contributed by atoms with Crippen LogP contribution in [0.4, 0.5) is 5.69 Å². The average Bonchev–Trinajstić information content (AvgIpc) is 3.62. The van der Waals surface area contributed by atoms with E-state index in [-0.39, 0.29) is 58.5 Å². The number of likely N-dealkylation sites (tertiary alicyclic amines) is 1. The molecule has 6 atom stereocenters. The van der Waals surface area contributed by atoms with Crippen molar-refractivity contribution in [2.24, 2.45) is 35.5 Å². The Labute approximate surface area is 212 Å². The van der Waals surface area contributed by atoms with Gasteiger partial charge in [0.05, 0.1) is 22.4 Å². The van der Waals surface area contributed by atoms with Gasteiger partial charge in [0.25, 0.3) is 5.91 Å². The highest BCUT2D eigenvalue weighted by Gasteiger charge is 2.67. The number of ketones is 1. The van der Waals surface area contributed by atoms with Crippen LogP contribution < -0.4 is 4.90 Å². The van der Waals surface area contributed by atoms with Crippen LogP contribution in [0, 0.1) is 35.5 Å². The Morgan fingerprint density at radius 3 is 2.23 bits per heavy atom. The predicted octanol–water partition coefficient (Wildman–Crippen LogP) is 4.85. The van der Waals surface area contributed by atoms with Crippen LogP contribution in [0.3, 0.4) is 0 Å². The number of hydrogen-bond donors (Lipinski definition) is 0. The molecule has 7 rings (SSSR count). The fraction of sp³-hybridized carbons (Fsp3) is 0.333. The Hall–Kier alpha value is -2.96. The second-order valence-corrected chi connectivity index (χ2v) is 10.7. The predicted molar refractivity (Wildman–Crippen MR) is 131 cm³/mol. The number of amides is 3. The number of anilines is 1. The van der Waals surface area contributed by atoms with Gasteiger partial charge in [0, 0.05) is 16.3 Å². The fourth-order valence-electron chi connectivity index (χ4n) is 6.26. The molecule has 3 fully saturated rings. The summed E-state index contributed by atoms with van der Waals surface area (Å²) >= 11 is 12.4. The maximum atomic E-state index is 13.7. The first-order chi connectivity index (χ1) is 16.8. The third kappa shape index (κ3) is 3.46. The summed E-state index contributed by atoms with van der Waals surface area (Å²) in [5, 5.41) is 0.539. The lowest BCUT2D eigenvalue weighted by molar-refractivity contribution is -0.140. The van der Waals surface area contributed by atoms with Crippen molar-refractivity contribution < 1.29 is 19.2 Å². The molecule has 2 aromatic carbocycles. The van der Waals surface area contributed by atoms with E-state index >= 15 is 0 Å². The van der Waals surface area contributed by atoms with Crippen molar-refractivity contribution in [2.45, 2.75) is 13.3 Å². The second-order valence-electron chi connectivity index (χ2n) is 9.86. The van der Waals surface area contributed by atoms with Crippen molar-refractivity contribution in [1.29, 1.82) is 0 Å². The van der Waals surface area contributed by atoms with Gasteiger partial charge in [-0.15, -0.1) is 0 Å². The zero-order valence-corrected chi connectivity index (χ0v) is 20.4. The number of benzene rings is 2. The molecule has 8 heteroatoms. The average molecular weight is 509 g/mol. The molecular formula is C27H22Cl2N2O4. The van der Waals surface area contributed by atoms with E-state index < -0.39 is 5.91 Å². The summed E-state index contributed by atoms with van der Waals surface area (Å²) < 4.78 is 0. The van der Waals surface area contributed by atoms with Crippen molar-refractivity contribution in [2.75, 3.05) is 11.6 Å². The Morgan fingerprint density at radius 1 is 0.971 bits per heavy atom. The smallest absolute Gasteiger partial charge is 0.261 e. The lowest BCUT2D eigenvalue weighted by Crippen LogP contribution is -2.45. The molecule has 1 aliphatic heterocycles. The molecular weight excluding hydrogens is 487 g/mol. The molecule has 178 valence electrons. The van der Waals surface area contributed by atoms with Crippen molar-refractivity contribution in [1.82, 2.24) is 4.90 Å². The Bertz CT molecular complexity index is 1300. The van der Waals surface area contributed by atoms with Crippen molar-refractivity contribution in [3.05, 3.63) is 75.8 Å². The molecule has 0 spiro atoms. The van der Waals surface area contributed by atoms with Gasteiger partial charge >= 0.3 is 0 Å². The zero-order chi connectivity index (χ0) is 24.6. The number of imide groups is 1. The molecule has 0 aromatic heterocycles. The van der Waals surface area contributed by atoms with E-state index in [9.17, 15) is 19.2 Å². The van der Waals surface area contributed by atoms with E-state index in [0.717, 1.165) is 6.42 Å². The van der Waals surface area contributed by atoms with Crippen LogP contribution in [0.15, 0.2) is 54.6 Å². The molecule has 6 unspecified atom stereocenters. The third-order valence-corrected chi connectivity index (χ3v) is 8.56. The summed E-state index contributed by atoms with van der Waals surface area (Å²) in [6, 6.07) is 11.1. The molecule has 0 radical (unpaired) electrons. The summed E-state index contributed by atoms with van der Waals surface area (Å²) in [4.78, 5) is 55.4. The number of rotatable bonds is 5. The van der Waals surface area contributed by atoms with Gasteiger partial charge in [0.15, 0.2) is 5.78 Å². The minimum Gasteiger partial charge on any atom is -0.295 e. The van der Waals surface area contributed by atoms with E-state index in [4.69, 9.17) is 23.2 Å². The minimum atomic E-state index is -0.494. The number of carbonyl (C=O) groups excluding carboxylic acids is 4. The molecule has 35 heavy (non-hydrogen) atoms. The quantitative estimate of drug-likeness (QED) is 0.328. The zero-order valence-electron chi connectivity index (χ0n) is 18.9. The number of hydrogen-bond acceptors (Lipinski definition) is 4. The standard InChI is InChI=1S/C27H22Cl2N2O4/c1-13(32)14-3-2-4-16(9-14)30(25(33)19-6-5-15(28)10-22(19)29)12-31-26(34)23-17-7-8-18(21-11-20(17)21)24(23)27(31)35/h2-10,17-18,20-21,23-24H,11-12H2,1H3.